The predicted molar refractivity (Wildman–Crippen MR) is 65.0 cm³/mol. The molecule has 0 aromatic carbocycles. The lowest BCUT2D eigenvalue weighted by Gasteiger charge is -2.11. The van der Waals surface area contributed by atoms with Gasteiger partial charge in [0.15, 0.2) is 6.23 Å². The van der Waals surface area contributed by atoms with Crippen LogP contribution in [-0.2, 0) is 14.3 Å². The quantitative estimate of drug-likeness (QED) is 0.237. The number of thiol groups is 1. The Balaban J connectivity index is 3.39. The SMILES string of the molecule is C[C@@H](CS)C(=O)NCCCC[C@H](N)OC=O. The molecule has 6 heteroatoms. The lowest BCUT2D eigenvalue weighted by Crippen LogP contribution is -2.31. The van der Waals surface area contributed by atoms with E-state index in [1.807, 2.05) is 6.92 Å². The van der Waals surface area contributed by atoms with Crippen LogP contribution in [0.2, 0.25) is 0 Å². The maximum atomic E-state index is 11.3. The second kappa shape index (κ2) is 9.47. The van der Waals surface area contributed by atoms with Gasteiger partial charge in [0.05, 0.1) is 0 Å². The van der Waals surface area contributed by atoms with Crippen LogP contribution in [-0.4, -0.2) is 30.9 Å². The van der Waals surface area contributed by atoms with Gasteiger partial charge in [0.1, 0.15) is 0 Å². The molecular weight excluding hydrogens is 228 g/mol. The van der Waals surface area contributed by atoms with Gasteiger partial charge in [0.2, 0.25) is 5.91 Å². The number of rotatable bonds is 9. The summed E-state index contributed by atoms with van der Waals surface area (Å²) in [5, 5.41) is 2.80. The van der Waals surface area contributed by atoms with Crippen molar-refractivity contribution in [2.75, 3.05) is 12.3 Å². The molecule has 0 radical (unpaired) electrons. The molecule has 0 unspecified atom stereocenters. The molecule has 0 aliphatic carbocycles. The van der Waals surface area contributed by atoms with Crippen molar-refractivity contribution in [3.8, 4) is 0 Å². The van der Waals surface area contributed by atoms with Gasteiger partial charge in [-0.25, -0.2) is 0 Å². The molecule has 0 bridgehead atoms. The van der Waals surface area contributed by atoms with E-state index in [1.54, 1.807) is 0 Å². The highest BCUT2D eigenvalue weighted by Crippen LogP contribution is 2.00. The molecule has 5 nitrogen and oxygen atoms in total. The predicted octanol–water partition coefficient (Wildman–Crippen LogP) is 0.297. The summed E-state index contributed by atoms with van der Waals surface area (Å²) in [4.78, 5) is 21.3. The fourth-order valence-electron chi connectivity index (χ4n) is 1.08. The zero-order valence-corrected chi connectivity index (χ0v) is 10.4. The number of carbonyl (C=O) groups excluding carboxylic acids is 2. The molecular formula is C10H20N2O3S. The van der Waals surface area contributed by atoms with Crippen molar-refractivity contribution in [1.82, 2.24) is 5.32 Å². The zero-order valence-electron chi connectivity index (χ0n) is 9.52. The molecule has 0 rings (SSSR count). The van der Waals surface area contributed by atoms with Crippen LogP contribution in [0.25, 0.3) is 0 Å². The summed E-state index contributed by atoms with van der Waals surface area (Å²) in [6.07, 6.45) is 1.70. The Bertz CT molecular complexity index is 214. The number of carbonyl (C=O) groups is 2. The normalized spacial score (nSPS) is 13.9. The van der Waals surface area contributed by atoms with Crippen molar-refractivity contribution in [3.05, 3.63) is 0 Å². The number of hydrogen-bond acceptors (Lipinski definition) is 5. The van der Waals surface area contributed by atoms with Gasteiger partial charge in [-0.2, -0.15) is 12.6 Å². The lowest BCUT2D eigenvalue weighted by atomic mass is 10.2. The Kier molecular flexibility index (Phi) is 9.03. The summed E-state index contributed by atoms with van der Waals surface area (Å²) in [6.45, 7) is 2.79. The van der Waals surface area contributed by atoms with Crippen molar-refractivity contribution in [3.63, 3.8) is 0 Å². The molecule has 0 aromatic heterocycles. The van der Waals surface area contributed by atoms with Crippen LogP contribution >= 0.6 is 12.6 Å². The third kappa shape index (κ3) is 7.53. The molecule has 0 aliphatic rings. The van der Waals surface area contributed by atoms with E-state index in [9.17, 15) is 9.59 Å². The molecule has 1 amide bonds. The average molecular weight is 248 g/mol. The Morgan fingerprint density at radius 2 is 2.25 bits per heavy atom. The highest BCUT2D eigenvalue weighted by atomic mass is 32.1. The molecule has 0 spiro atoms. The number of ether oxygens (including phenoxy) is 1. The van der Waals surface area contributed by atoms with E-state index in [0.29, 0.717) is 25.2 Å². The van der Waals surface area contributed by atoms with Crippen LogP contribution in [0.5, 0.6) is 0 Å². The Morgan fingerprint density at radius 1 is 1.56 bits per heavy atom. The molecule has 0 aromatic rings. The first kappa shape index (κ1) is 15.2. The van der Waals surface area contributed by atoms with Gasteiger partial charge in [0, 0.05) is 18.2 Å². The van der Waals surface area contributed by atoms with Crippen molar-refractivity contribution < 1.29 is 14.3 Å². The molecule has 16 heavy (non-hydrogen) atoms. The minimum atomic E-state index is -0.537. The van der Waals surface area contributed by atoms with Gasteiger partial charge in [-0.15, -0.1) is 0 Å². The van der Waals surface area contributed by atoms with Crippen LogP contribution in [0.4, 0.5) is 0 Å². The summed E-state index contributed by atoms with van der Waals surface area (Å²) >= 11 is 4.04. The molecule has 0 fully saturated rings. The molecule has 2 atom stereocenters. The minimum Gasteiger partial charge on any atom is -0.449 e. The monoisotopic (exact) mass is 248 g/mol. The van der Waals surface area contributed by atoms with E-state index in [4.69, 9.17) is 5.73 Å². The Hall–Kier alpha value is -0.750. The maximum Gasteiger partial charge on any atom is 0.294 e. The molecule has 0 heterocycles. The first-order valence-electron chi connectivity index (χ1n) is 5.35. The first-order chi connectivity index (χ1) is 7.61. The van der Waals surface area contributed by atoms with Crippen molar-refractivity contribution in [1.29, 1.82) is 0 Å². The third-order valence-electron chi connectivity index (χ3n) is 2.17. The fraction of sp³-hybridized carbons (Fsp3) is 0.800. The summed E-state index contributed by atoms with van der Waals surface area (Å²) < 4.78 is 4.52. The molecule has 0 saturated carbocycles. The largest absolute Gasteiger partial charge is 0.449 e. The number of amides is 1. The fourth-order valence-corrected chi connectivity index (χ4v) is 1.24. The molecule has 3 N–H and O–H groups in total. The van der Waals surface area contributed by atoms with Crippen LogP contribution in [0.15, 0.2) is 0 Å². The standard InChI is InChI=1S/C10H20N2O3S/c1-8(6-16)10(14)12-5-3-2-4-9(11)15-7-13/h7-9,16H,2-6,11H2,1H3,(H,12,14)/t8-,9+/m0/s1. The van der Waals surface area contributed by atoms with Crippen molar-refractivity contribution in [2.24, 2.45) is 11.7 Å². The van der Waals surface area contributed by atoms with E-state index in [1.165, 1.54) is 0 Å². The summed E-state index contributed by atoms with van der Waals surface area (Å²) in [6, 6.07) is 0. The maximum absolute atomic E-state index is 11.3. The highest BCUT2D eigenvalue weighted by Gasteiger charge is 2.09. The number of unbranched alkanes of at least 4 members (excludes halogenated alkanes) is 1. The van der Waals surface area contributed by atoms with E-state index in [-0.39, 0.29) is 11.8 Å². The van der Waals surface area contributed by atoms with E-state index in [0.717, 1.165) is 12.8 Å². The topological polar surface area (TPSA) is 81.4 Å². The molecule has 0 saturated heterocycles. The van der Waals surface area contributed by atoms with Crippen molar-refractivity contribution in [2.45, 2.75) is 32.4 Å². The van der Waals surface area contributed by atoms with Crippen LogP contribution in [0.1, 0.15) is 26.2 Å². The van der Waals surface area contributed by atoms with Gasteiger partial charge < -0.3 is 10.1 Å². The second-order valence-corrected chi connectivity index (χ2v) is 4.01. The van der Waals surface area contributed by atoms with Gasteiger partial charge >= 0.3 is 0 Å². The molecule has 0 aliphatic heterocycles. The summed E-state index contributed by atoms with van der Waals surface area (Å²) in [5.41, 5.74) is 5.45. The van der Waals surface area contributed by atoms with Gasteiger partial charge in [-0.3, -0.25) is 15.3 Å². The van der Waals surface area contributed by atoms with E-state index < -0.39 is 6.23 Å². The minimum absolute atomic E-state index is 0.0171. The van der Waals surface area contributed by atoms with Gasteiger partial charge in [-0.05, 0) is 19.3 Å². The van der Waals surface area contributed by atoms with Crippen LogP contribution in [0, 0.1) is 5.92 Å². The summed E-state index contributed by atoms with van der Waals surface area (Å²) in [7, 11) is 0. The smallest absolute Gasteiger partial charge is 0.294 e. The third-order valence-corrected chi connectivity index (χ3v) is 2.71. The van der Waals surface area contributed by atoms with Crippen LogP contribution < -0.4 is 11.1 Å². The Labute approximate surface area is 102 Å². The van der Waals surface area contributed by atoms with Crippen LogP contribution in [0.3, 0.4) is 0 Å². The van der Waals surface area contributed by atoms with Gasteiger partial charge in [-0.1, -0.05) is 6.92 Å². The Morgan fingerprint density at radius 3 is 2.81 bits per heavy atom. The van der Waals surface area contributed by atoms with E-state index >= 15 is 0 Å². The number of hydrogen-bond donors (Lipinski definition) is 3. The van der Waals surface area contributed by atoms with Crippen molar-refractivity contribution >= 4 is 25.0 Å². The number of nitrogens with one attached hydrogen (secondary N) is 1. The van der Waals surface area contributed by atoms with Gasteiger partial charge in [0.25, 0.3) is 6.47 Å². The first-order valence-corrected chi connectivity index (χ1v) is 5.98. The highest BCUT2D eigenvalue weighted by molar-refractivity contribution is 7.80. The zero-order chi connectivity index (χ0) is 12.4. The molecule has 94 valence electrons. The number of nitrogens with two attached hydrogens (primary N) is 1. The lowest BCUT2D eigenvalue weighted by molar-refractivity contribution is -0.133. The van der Waals surface area contributed by atoms with E-state index in [2.05, 4.69) is 22.7 Å². The summed E-state index contributed by atoms with van der Waals surface area (Å²) in [5.74, 6) is 0.497. The average Bonchev–Trinajstić information content (AvgIpc) is 2.27. The second-order valence-electron chi connectivity index (χ2n) is 3.64.